The highest BCUT2D eigenvalue weighted by atomic mass is 16.5. The zero-order chi connectivity index (χ0) is 25.3. The molecular weight excluding hydrogens is 440 g/mol. The van der Waals surface area contributed by atoms with Crippen molar-refractivity contribution >= 4 is 23.5 Å². The van der Waals surface area contributed by atoms with E-state index in [2.05, 4.69) is 11.1 Å². The van der Waals surface area contributed by atoms with Gasteiger partial charge in [-0.3, -0.25) is 14.4 Å². The van der Waals surface area contributed by atoms with Crippen LogP contribution in [-0.4, -0.2) is 44.2 Å². The molecule has 4 N–H and O–H groups in total. The first-order valence-electron chi connectivity index (χ1n) is 10.9. The number of aryl methyl sites for hydroxylation is 2. The molecule has 9 nitrogen and oxygen atoms in total. The summed E-state index contributed by atoms with van der Waals surface area (Å²) in [5.74, 6) is 0.423. The van der Waals surface area contributed by atoms with Crippen molar-refractivity contribution in [2.75, 3.05) is 26.6 Å². The number of hydrogen-bond acceptors (Lipinski definition) is 6. The molecule has 0 aliphatic heterocycles. The Hall–Kier alpha value is -3.75. The lowest BCUT2D eigenvalue weighted by Crippen LogP contribution is -2.12. The van der Waals surface area contributed by atoms with Crippen LogP contribution in [0.3, 0.4) is 0 Å². The molecule has 0 saturated heterocycles. The number of primary amides is 1. The molecule has 0 saturated carbocycles. The van der Waals surface area contributed by atoms with E-state index in [-0.39, 0.29) is 24.7 Å². The molecule has 1 aliphatic rings. The lowest BCUT2D eigenvalue weighted by Gasteiger charge is -2.20. The van der Waals surface area contributed by atoms with Gasteiger partial charge in [0.2, 0.25) is 17.6 Å². The SMILES string of the molecule is CC(N)=O.COc1cc2c(c(OC)c1OC)-c1ccc(NC(=O)CCCC(=O)O)cc1CCC2. The van der Waals surface area contributed by atoms with Crippen LogP contribution in [0, 0.1) is 0 Å². The maximum absolute atomic E-state index is 12.1. The van der Waals surface area contributed by atoms with Crippen LogP contribution in [0.2, 0.25) is 0 Å². The molecule has 1 aliphatic carbocycles. The predicted octanol–water partition coefficient (Wildman–Crippen LogP) is 3.55. The molecule has 0 aromatic heterocycles. The molecule has 0 radical (unpaired) electrons. The Kier molecular flexibility index (Phi) is 9.73. The highest BCUT2D eigenvalue weighted by Gasteiger charge is 2.25. The molecule has 0 bridgehead atoms. The Morgan fingerprint density at radius 1 is 0.971 bits per heavy atom. The molecule has 34 heavy (non-hydrogen) atoms. The quantitative estimate of drug-likeness (QED) is 0.534. The topological polar surface area (TPSA) is 137 Å². The first-order chi connectivity index (χ1) is 16.2. The predicted molar refractivity (Wildman–Crippen MR) is 129 cm³/mol. The van der Waals surface area contributed by atoms with Gasteiger partial charge in [0, 0.05) is 31.0 Å². The van der Waals surface area contributed by atoms with Crippen molar-refractivity contribution in [2.45, 2.75) is 45.4 Å². The molecule has 2 amide bonds. The highest BCUT2D eigenvalue weighted by molar-refractivity contribution is 5.92. The second kappa shape index (κ2) is 12.5. The summed E-state index contributed by atoms with van der Waals surface area (Å²) in [5, 5.41) is 11.6. The normalized spacial score (nSPS) is 11.5. The second-order valence-electron chi connectivity index (χ2n) is 7.81. The number of carboxylic acids is 1. The van der Waals surface area contributed by atoms with Gasteiger partial charge in [-0.1, -0.05) is 6.07 Å². The molecule has 3 rings (SSSR count). The third-order valence-electron chi connectivity index (χ3n) is 5.26. The van der Waals surface area contributed by atoms with Crippen molar-refractivity contribution in [3.8, 4) is 28.4 Å². The number of aliphatic carboxylic acids is 1. The number of nitrogens with two attached hydrogens (primary N) is 1. The number of carbonyl (C=O) groups excluding carboxylic acids is 2. The van der Waals surface area contributed by atoms with Crippen LogP contribution in [0.4, 0.5) is 5.69 Å². The fourth-order valence-electron chi connectivity index (χ4n) is 3.91. The maximum Gasteiger partial charge on any atom is 0.303 e. The molecule has 184 valence electrons. The maximum atomic E-state index is 12.1. The van der Waals surface area contributed by atoms with Gasteiger partial charge in [-0.05, 0) is 60.6 Å². The zero-order valence-corrected chi connectivity index (χ0v) is 20.0. The molecule has 2 aromatic carbocycles. The Morgan fingerprint density at radius 2 is 1.62 bits per heavy atom. The lowest BCUT2D eigenvalue weighted by molar-refractivity contribution is -0.137. The van der Waals surface area contributed by atoms with Crippen LogP contribution in [0.1, 0.15) is 43.7 Å². The number of nitrogens with one attached hydrogen (secondary N) is 1. The molecule has 9 heteroatoms. The smallest absolute Gasteiger partial charge is 0.303 e. The molecule has 0 spiro atoms. The van der Waals surface area contributed by atoms with E-state index in [0.29, 0.717) is 29.4 Å². The van der Waals surface area contributed by atoms with E-state index in [1.165, 1.54) is 6.92 Å². The number of fused-ring (bicyclic) bond motifs is 3. The minimum Gasteiger partial charge on any atom is -0.493 e. The number of hydrogen-bond donors (Lipinski definition) is 3. The van der Waals surface area contributed by atoms with Gasteiger partial charge < -0.3 is 30.4 Å². The van der Waals surface area contributed by atoms with Crippen molar-refractivity contribution < 1.29 is 33.7 Å². The minimum atomic E-state index is -0.896. The Balaban J connectivity index is 0.000000945. The number of carboxylic acid groups (broad SMARTS) is 1. The van der Waals surface area contributed by atoms with Crippen LogP contribution in [0.25, 0.3) is 11.1 Å². The zero-order valence-electron chi connectivity index (χ0n) is 20.0. The monoisotopic (exact) mass is 472 g/mol. The van der Waals surface area contributed by atoms with Gasteiger partial charge in [0.25, 0.3) is 0 Å². The van der Waals surface area contributed by atoms with E-state index in [1.807, 2.05) is 24.3 Å². The summed E-state index contributed by atoms with van der Waals surface area (Å²) in [6.45, 7) is 1.31. The summed E-state index contributed by atoms with van der Waals surface area (Å²) >= 11 is 0. The highest BCUT2D eigenvalue weighted by Crippen LogP contribution is 2.49. The molecule has 0 heterocycles. The Morgan fingerprint density at radius 3 is 2.21 bits per heavy atom. The van der Waals surface area contributed by atoms with Crippen LogP contribution >= 0.6 is 0 Å². The Bertz CT molecular complexity index is 1050. The fraction of sp³-hybridized carbons (Fsp3) is 0.400. The van der Waals surface area contributed by atoms with Gasteiger partial charge >= 0.3 is 5.97 Å². The van der Waals surface area contributed by atoms with Gasteiger partial charge in [0.1, 0.15) is 0 Å². The van der Waals surface area contributed by atoms with E-state index >= 15 is 0 Å². The van der Waals surface area contributed by atoms with Gasteiger partial charge in [0.15, 0.2) is 11.5 Å². The number of benzene rings is 2. The average molecular weight is 473 g/mol. The van der Waals surface area contributed by atoms with Crippen molar-refractivity contribution in [3.05, 3.63) is 35.4 Å². The van der Waals surface area contributed by atoms with E-state index in [9.17, 15) is 14.4 Å². The minimum absolute atomic E-state index is 0.0144. The van der Waals surface area contributed by atoms with Crippen LogP contribution in [-0.2, 0) is 27.2 Å². The van der Waals surface area contributed by atoms with Crippen LogP contribution in [0.15, 0.2) is 24.3 Å². The number of methoxy groups -OCH3 is 3. The molecule has 0 unspecified atom stereocenters. The lowest BCUT2D eigenvalue weighted by atomic mass is 9.94. The summed E-state index contributed by atoms with van der Waals surface area (Å²) < 4.78 is 16.8. The second-order valence-corrected chi connectivity index (χ2v) is 7.81. The van der Waals surface area contributed by atoms with Crippen LogP contribution in [0.5, 0.6) is 17.2 Å². The number of rotatable bonds is 8. The molecule has 0 fully saturated rings. The number of carbonyl (C=O) groups is 3. The summed E-state index contributed by atoms with van der Waals surface area (Å²) in [6, 6.07) is 7.83. The van der Waals surface area contributed by atoms with Gasteiger partial charge in [-0.25, -0.2) is 0 Å². The van der Waals surface area contributed by atoms with Crippen LogP contribution < -0.4 is 25.3 Å². The number of ether oxygens (including phenoxy) is 3. The summed E-state index contributed by atoms with van der Waals surface area (Å²) in [7, 11) is 4.82. The summed E-state index contributed by atoms with van der Waals surface area (Å²) in [5.41, 5.74) is 9.46. The van der Waals surface area contributed by atoms with Gasteiger partial charge in [-0.15, -0.1) is 0 Å². The van der Waals surface area contributed by atoms with Crippen molar-refractivity contribution in [1.29, 1.82) is 0 Å². The number of anilines is 1. The van der Waals surface area contributed by atoms with Crippen molar-refractivity contribution in [3.63, 3.8) is 0 Å². The third kappa shape index (κ3) is 6.87. The van der Waals surface area contributed by atoms with E-state index in [1.54, 1.807) is 21.3 Å². The first-order valence-corrected chi connectivity index (χ1v) is 10.9. The van der Waals surface area contributed by atoms with Crippen molar-refractivity contribution in [1.82, 2.24) is 0 Å². The fourth-order valence-corrected chi connectivity index (χ4v) is 3.91. The summed E-state index contributed by atoms with van der Waals surface area (Å²) in [6.07, 6.45) is 3.17. The van der Waals surface area contributed by atoms with Crippen molar-refractivity contribution in [2.24, 2.45) is 5.73 Å². The molecule has 0 atom stereocenters. The van der Waals surface area contributed by atoms with Gasteiger partial charge in [-0.2, -0.15) is 0 Å². The van der Waals surface area contributed by atoms with Gasteiger partial charge in [0.05, 0.1) is 21.3 Å². The molecular formula is C25H32N2O7. The van der Waals surface area contributed by atoms with E-state index in [4.69, 9.17) is 19.3 Å². The van der Waals surface area contributed by atoms with E-state index in [0.717, 1.165) is 41.5 Å². The first kappa shape index (κ1) is 26.5. The average Bonchev–Trinajstić information content (AvgIpc) is 2.95. The largest absolute Gasteiger partial charge is 0.493 e. The standard InChI is InChI=1S/C23H27NO6.C2H5NO/c1-28-18-13-15-7-4-6-14-12-16(24-19(25)8-5-9-20(26)27)10-11-17(14)21(15)23(30-3)22(18)29-2;1-2(3)4/h10-13H,4-9H2,1-3H3,(H,24,25)(H,26,27);1H3,(H2,3,4). The third-order valence-corrected chi connectivity index (χ3v) is 5.26. The molecule has 2 aromatic rings. The number of amides is 2. The summed E-state index contributed by atoms with van der Waals surface area (Å²) in [4.78, 5) is 32.0. The Labute approximate surface area is 199 Å². The van der Waals surface area contributed by atoms with E-state index < -0.39 is 5.97 Å².